The molecule has 0 saturated carbocycles. The topological polar surface area (TPSA) is 70.5 Å². The van der Waals surface area contributed by atoms with Crippen molar-refractivity contribution in [3.05, 3.63) is 35.9 Å². The molecule has 1 aliphatic rings. The summed E-state index contributed by atoms with van der Waals surface area (Å²) in [4.78, 5) is 6.51. The number of fused-ring (bicyclic) bond motifs is 1. The molecule has 1 aliphatic heterocycles. The first kappa shape index (κ1) is 14.3. The predicted octanol–water partition coefficient (Wildman–Crippen LogP) is 1.35. The van der Waals surface area contributed by atoms with E-state index < -0.39 is 9.84 Å². The maximum atomic E-state index is 11.6. The van der Waals surface area contributed by atoms with Gasteiger partial charge in [-0.1, -0.05) is 18.2 Å². The predicted molar refractivity (Wildman–Crippen MR) is 83.1 cm³/mol. The molecule has 1 atom stereocenters. The van der Waals surface area contributed by atoms with Crippen LogP contribution >= 0.6 is 0 Å². The molecule has 1 unspecified atom stereocenters. The second-order valence-electron chi connectivity index (χ2n) is 5.48. The zero-order valence-electron chi connectivity index (χ0n) is 11.9. The van der Waals surface area contributed by atoms with Crippen LogP contribution in [0.5, 0.6) is 0 Å². The Labute approximate surface area is 124 Å². The molecule has 0 spiro atoms. The molecular weight excluding hydrogens is 288 g/mol. The molecule has 1 fully saturated rings. The Bertz CT molecular complexity index is 774. The van der Waals surface area contributed by atoms with Gasteiger partial charge in [0.15, 0.2) is 9.84 Å². The van der Waals surface area contributed by atoms with E-state index in [1.54, 1.807) is 0 Å². The average molecular weight is 306 g/mol. The molecule has 6 heteroatoms. The van der Waals surface area contributed by atoms with Crippen LogP contribution in [0.1, 0.15) is 12.0 Å². The molecule has 1 aromatic heterocycles. The van der Waals surface area contributed by atoms with Crippen LogP contribution in [0.25, 0.3) is 10.9 Å². The molecule has 0 amide bonds. The molecule has 112 valence electrons. The second kappa shape index (κ2) is 5.27. The van der Waals surface area contributed by atoms with Gasteiger partial charge in [-0.15, -0.1) is 0 Å². The maximum absolute atomic E-state index is 11.6. The fourth-order valence-corrected chi connectivity index (χ4v) is 4.59. The molecule has 21 heavy (non-hydrogen) atoms. The van der Waals surface area contributed by atoms with Gasteiger partial charge in [-0.3, -0.25) is 0 Å². The summed E-state index contributed by atoms with van der Waals surface area (Å²) in [7, 11) is -1.06. The number of aromatic nitrogens is 1. The zero-order valence-corrected chi connectivity index (χ0v) is 12.7. The van der Waals surface area contributed by atoms with Crippen LogP contribution in [0, 0.1) is 0 Å². The summed E-state index contributed by atoms with van der Waals surface area (Å²) in [6, 6.07) is 9.44. The number of sulfone groups is 1. The van der Waals surface area contributed by atoms with E-state index in [1.807, 2.05) is 42.3 Å². The molecule has 1 saturated heterocycles. The van der Waals surface area contributed by atoms with E-state index in [0.29, 0.717) is 12.2 Å². The molecule has 3 rings (SSSR count). The largest absolute Gasteiger partial charge is 0.392 e. The van der Waals surface area contributed by atoms with Gasteiger partial charge in [0.1, 0.15) is 5.82 Å². The van der Waals surface area contributed by atoms with Gasteiger partial charge in [0.2, 0.25) is 0 Å². The van der Waals surface area contributed by atoms with Gasteiger partial charge in [-0.25, -0.2) is 13.4 Å². The number of para-hydroxylation sites is 1. The van der Waals surface area contributed by atoms with E-state index in [2.05, 4.69) is 4.98 Å². The van der Waals surface area contributed by atoms with Crippen LogP contribution in [0.3, 0.4) is 0 Å². The van der Waals surface area contributed by atoms with Crippen molar-refractivity contribution in [3.63, 3.8) is 0 Å². The summed E-state index contributed by atoms with van der Waals surface area (Å²) in [5.74, 6) is 1.12. The van der Waals surface area contributed by atoms with E-state index >= 15 is 0 Å². The van der Waals surface area contributed by atoms with Gasteiger partial charge in [0.05, 0.1) is 23.6 Å². The molecule has 0 radical (unpaired) electrons. The number of aliphatic hydroxyl groups excluding tert-OH is 1. The summed E-state index contributed by atoms with van der Waals surface area (Å²) >= 11 is 0. The molecular formula is C15H18N2O3S. The number of pyridine rings is 1. The highest BCUT2D eigenvalue weighted by molar-refractivity contribution is 7.91. The first-order chi connectivity index (χ1) is 10.00. The Morgan fingerprint density at radius 2 is 2.14 bits per heavy atom. The Balaban J connectivity index is 2.00. The number of anilines is 1. The number of aliphatic hydroxyl groups is 1. The minimum Gasteiger partial charge on any atom is -0.392 e. The molecule has 5 nitrogen and oxygen atoms in total. The minimum absolute atomic E-state index is 0.0461. The van der Waals surface area contributed by atoms with Crippen molar-refractivity contribution in [1.29, 1.82) is 0 Å². The molecule has 2 heterocycles. The van der Waals surface area contributed by atoms with Crippen LogP contribution in [-0.4, -0.2) is 43.1 Å². The lowest BCUT2D eigenvalue weighted by molar-refractivity contribution is 0.283. The van der Waals surface area contributed by atoms with Gasteiger partial charge in [0.25, 0.3) is 0 Å². The van der Waals surface area contributed by atoms with Gasteiger partial charge >= 0.3 is 0 Å². The highest BCUT2D eigenvalue weighted by Crippen LogP contribution is 2.26. The van der Waals surface area contributed by atoms with Crippen LogP contribution < -0.4 is 4.90 Å². The Kier molecular flexibility index (Phi) is 3.59. The summed E-state index contributed by atoms with van der Waals surface area (Å²) in [5.41, 5.74) is 1.62. The fourth-order valence-electron chi connectivity index (χ4n) is 2.81. The van der Waals surface area contributed by atoms with Crippen LogP contribution in [0.15, 0.2) is 30.3 Å². The van der Waals surface area contributed by atoms with Crippen molar-refractivity contribution >= 4 is 26.6 Å². The van der Waals surface area contributed by atoms with E-state index in [1.165, 1.54) is 0 Å². The normalized spacial score (nSPS) is 20.8. The van der Waals surface area contributed by atoms with Crippen LogP contribution in [0.4, 0.5) is 5.82 Å². The van der Waals surface area contributed by atoms with Gasteiger partial charge in [-0.2, -0.15) is 0 Å². The van der Waals surface area contributed by atoms with E-state index in [-0.39, 0.29) is 24.2 Å². The smallest absolute Gasteiger partial charge is 0.152 e. The lowest BCUT2D eigenvalue weighted by Gasteiger charge is -2.25. The Morgan fingerprint density at radius 3 is 2.81 bits per heavy atom. The SMILES string of the molecule is CN(c1cc(CO)c2ccccc2n1)C1CCS(=O)(=O)C1. The Morgan fingerprint density at radius 1 is 1.38 bits per heavy atom. The van der Waals surface area contributed by atoms with E-state index in [9.17, 15) is 13.5 Å². The average Bonchev–Trinajstić information content (AvgIpc) is 2.85. The second-order valence-corrected chi connectivity index (χ2v) is 7.71. The van der Waals surface area contributed by atoms with Crippen LogP contribution in [0.2, 0.25) is 0 Å². The third-order valence-electron chi connectivity index (χ3n) is 4.08. The molecule has 2 aromatic rings. The quantitative estimate of drug-likeness (QED) is 0.927. The maximum Gasteiger partial charge on any atom is 0.152 e. The van der Waals surface area contributed by atoms with Crippen molar-refractivity contribution in [2.75, 3.05) is 23.5 Å². The monoisotopic (exact) mass is 306 g/mol. The lowest BCUT2D eigenvalue weighted by atomic mass is 10.1. The van der Waals surface area contributed by atoms with Crippen molar-refractivity contribution in [3.8, 4) is 0 Å². The minimum atomic E-state index is -2.93. The Hall–Kier alpha value is -1.66. The number of benzene rings is 1. The van der Waals surface area contributed by atoms with Gasteiger partial charge in [-0.05, 0) is 24.1 Å². The lowest BCUT2D eigenvalue weighted by Crippen LogP contribution is -2.33. The summed E-state index contributed by atoms with van der Waals surface area (Å²) in [6.07, 6.45) is 0.627. The van der Waals surface area contributed by atoms with Crippen molar-refractivity contribution in [2.24, 2.45) is 0 Å². The molecule has 0 aliphatic carbocycles. The first-order valence-electron chi connectivity index (χ1n) is 6.93. The molecule has 0 bridgehead atoms. The fraction of sp³-hybridized carbons (Fsp3) is 0.400. The van der Waals surface area contributed by atoms with Crippen molar-refractivity contribution < 1.29 is 13.5 Å². The number of hydrogen-bond acceptors (Lipinski definition) is 5. The summed E-state index contributed by atoms with van der Waals surface area (Å²) in [5, 5.41) is 10.5. The summed E-state index contributed by atoms with van der Waals surface area (Å²) in [6.45, 7) is -0.0627. The van der Waals surface area contributed by atoms with E-state index in [4.69, 9.17) is 0 Å². The third-order valence-corrected chi connectivity index (χ3v) is 5.83. The van der Waals surface area contributed by atoms with Crippen molar-refractivity contribution in [1.82, 2.24) is 4.98 Å². The van der Waals surface area contributed by atoms with Crippen LogP contribution in [-0.2, 0) is 16.4 Å². The number of nitrogens with zero attached hydrogens (tertiary/aromatic N) is 2. The standard InChI is InChI=1S/C15H18N2O3S/c1-17(12-6-7-21(19,20)10-12)15-8-11(9-18)13-4-2-3-5-14(13)16-15/h2-5,8,12,18H,6-7,9-10H2,1H3. The molecule has 1 N–H and O–H groups in total. The highest BCUT2D eigenvalue weighted by Gasteiger charge is 2.31. The van der Waals surface area contributed by atoms with Crippen molar-refractivity contribution in [2.45, 2.75) is 19.1 Å². The third kappa shape index (κ3) is 2.73. The van der Waals surface area contributed by atoms with Gasteiger partial charge < -0.3 is 10.0 Å². The number of hydrogen-bond donors (Lipinski definition) is 1. The summed E-state index contributed by atoms with van der Waals surface area (Å²) < 4.78 is 23.3. The first-order valence-corrected chi connectivity index (χ1v) is 8.75. The molecule has 1 aromatic carbocycles. The van der Waals surface area contributed by atoms with E-state index in [0.717, 1.165) is 16.5 Å². The highest BCUT2D eigenvalue weighted by atomic mass is 32.2. The van der Waals surface area contributed by atoms with Gasteiger partial charge in [0, 0.05) is 18.5 Å². The number of rotatable bonds is 3. The zero-order chi connectivity index (χ0) is 15.0.